The van der Waals surface area contributed by atoms with E-state index in [2.05, 4.69) is 48.6 Å². The van der Waals surface area contributed by atoms with Crippen LogP contribution >= 0.6 is 0 Å². The molecule has 0 spiro atoms. The second kappa shape index (κ2) is 8.83. The highest BCUT2D eigenvalue weighted by atomic mass is 16.4. The van der Waals surface area contributed by atoms with E-state index in [0.29, 0.717) is 0 Å². The smallest absolute Gasteiger partial charge is 0.303 e. The summed E-state index contributed by atoms with van der Waals surface area (Å²) in [6.07, 6.45) is 8.37. The number of aliphatic carboxylic acids is 1. The summed E-state index contributed by atoms with van der Waals surface area (Å²) >= 11 is 0. The van der Waals surface area contributed by atoms with Crippen LogP contribution in [0.3, 0.4) is 0 Å². The summed E-state index contributed by atoms with van der Waals surface area (Å²) in [5.74, 6) is -0.700. The fraction of sp³-hybridized carbons (Fsp3) is 0.250. The molecule has 2 rings (SSSR count). The van der Waals surface area contributed by atoms with E-state index >= 15 is 0 Å². The molecule has 0 aromatic heterocycles. The minimum Gasteiger partial charge on any atom is -0.481 e. The Hall–Kier alpha value is -2.35. The predicted octanol–water partition coefficient (Wildman–Crippen LogP) is 5.40. The molecule has 0 aliphatic heterocycles. The van der Waals surface area contributed by atoms with Crippen LogP contribution in [0.25, 0.3) is 17.2 Å². The number of hydrogen-bond donors (Lipinski definition) is 1. The third-order valence-corrected chi connectivity index (χ3v) is 3.59. The Morgan fingerprint density at radius 3 is 2.23 bits per heavy atom. The Kier molecular flexibility index (Phi) is 6.43. The van der Waals surface area contributed by atoms with Crippen molar-refractivity contribution < 1.29 is 9.90 Å². The Morgan fingerprint density at radius 1 is 0.864 bits per heavy atom. The van der Waals surface area contributed by atoms with E-state index in [9.17, 15) is 4.79 Å². The first-order valence-corrected chi connectivity index (χ1v) is 7.79. The van der Waals surface area contributed by atoms with Gasteiger partial charge in [0.25, 0.3) is 0 Å². The van der Waals surface area contributed by atoms with Crippen molar-refractivity contribution >= 4 is 12.0 Å². The fourth-order valence-electron chi connectivity index (χ4n) is 2.35. The molecular weight excluding hydrogens is 272 g/mol. The minimum atomic E-state index is -0.700. The summed E-state index contributed by atoms with van der Waals surface area (Å²) in [5.41, 5.74) is 3.66. The number of carboxylic acid groups (broad SMARTS) is 1. The number of allylic oxidation sites excluding steroid dienone is 1. The van der Waals surface area contributed by atoms with Crippen molar-refractivity contribution in [2.24, 2.45) is 0 Å². The summed E-state index contributed by atoms with van der Waals surface area (Å²) in [6, 6.07) is 18.9. The standard InChI is InChI=1S/C20H22O2/c21-20(22)12-8-3-1-2-5-9-17-13-15-19(16-14-17)18-10-6-4-7-11-18/h4-7,9-11,13-16H,1-3,8,12H2,(H,21,22)/b9-5+. The molecule has 0 atom stereocenters. The zero-order chi connectivity index (χ0) is 15.6. The molecule has 0 radical (unpaired) electrons. The third kappa shape index (κ3) is 5.57. The fourth-order valence-corrected chi connectivity index (χ4v) is 2.35. The zero-order valence-electron chi connectivity index (χ0n) is 12.7. The number of carboxylic acids is 1. The monoisotopic (exact) mass is 294 g/mol. The van der Waals surface area contributed by atoms with Gasteiger partial charge < -0.3 is 5.11 Å². The molecule has 2 nitrogen and oxygen atoms in total. The molecule has 0 unspecified atom stereocenters. The number of benzene rings is 2. The van der Waals surface area contributed by atoms with Gasteiger partial charge in [-0.3, -0.25) is 4.79 Å². The van der Waals surface area contributed by atoms with Crippen LogP contribution in [0, 0.1) is 0 Å². The van der Waals surface area contributed by atoms with Crippen LogP contribution in [0.15, 0.2) is 60.7 Å². The summed E-state index contributed by atoms with van der Waals surface area (Å²) in [5, 5.41) is 8.56. The van der Waals surface area contributed by atoms with Crippen LogP contribution in [0.5, 0.6) is 0 Å². The molecule has 0 heterocycles. The Balaban J connectivity index is 1.77. The van der Waals surface area contributed by atoms with E-state index < -0.39 is 5.97 Å². The molecule has 0 saturated heterocycles. The largest absolute Gasteiger partial charge is 0.481 e. The lowest BCUT2D eigenvalue weighted by molar-refractivity contribution is -0.137. The van der Waals surface area contributed by atoms with Crippen LogP contribution in [0.4, 0.5) is 0 Å². The maximum absolute atomic E-state index is 10.4. The molecule has 0 bridgehead atoms. The molecule has 0 amide bonds. The molecular formula is C20H22O2. The lowest BCUT2D eigenvalue weighted by Gasteiger charge is -2.02. The van der Waals surface area contributed by atoms with Gasteiger partial charge >= 0.3 is 5.97 Å². The second-order valence-corrected chi connectivity index (χ2v) is 5.38. The van der Waals surface area contributed by atoms with Crippen molar-refractivity contribution in [3.05, 3.63) is 66.2 Å². The van der Waals surface area contributed by atoms with Crippen molar-refractivity contribution in [2.75, 3.05) is 0 Å². The third-order valence-electron chi connectivity index (χ3n) is 3.59. The molecule has 1 N–H and O–H groups in total. The van der Waals surface area contributed by atoms with Crippen LogP contribution < -0.4 is 0 Å². The molecule has 0 saturated carbocycles. The van der Waals surface area contributed by atoms with E-state index in [0.717, 1.165) is 25.7 Å². The SMILES string of the molecule is O=C(O)CCCCC/C=C/c1ccc(-c2ccccc2)cc1. The van der Waals surface area contributed by atoms with E-state index in [1.54, 1.807) is 0 Å². The summed E-state index contributed by atoms with van der Waals surface area (Å²) < 4.78 is 0. The van der Waals surface area contributed by atoms with Gasteiger partial charge in [0.1, 0.15) is 0 Å². The van der Waals surface area contributed by atoms with Crippen molar-refractivity contribution in [1.29, 1.82) is 0 Å². The quantitative estimate of drug-likeness (QED) is 0.662. The van der Waals surface area contributed by atoms with Gasteiger partial charge in [-0.05, 0) is 36.0 Å². The normalized spacial score (nSPS) is 10.9. The Labute approximate surface area is 132 Å². The van der Waals surface area contributed by atoms with Gasteiger partial charge in [0, 0.05) is 6.42 Å². The summed E-state index contributed by atoms with van der Waals surface area (Å²) in [4.78, 5) is 10.4. The van der Waals surface area contributed by atoms with Crippen LogP contribution in [-0.2, 0) is 4.79 Å². The topological polar surface area (TPSA) is 37.3 Å². The number of hydrogen-bond acceptors (Lipinski definition) is 1. The number of rotatable bonds is 8. The number of carbonyl (C=O) groups is 1. The minimum absolute atomic E-state index is 0.282. The highest BCUT2D eigenvalue weighted by Crippen LogP contribution is 2.19. The highest BCUT2D eigenvalue weighted by molar-refractivity contribution is 5.66. The first-order valence-electron chi connectivity index (χ1n) is 7.79. The molecule has 22 heavy (non-hydrogen) atoms. The van der Waals surface area contributed by atoms with Crippen LogP contribution in [-0.4, -0.2) is 11.1 Å². The molecule has 2 aromatic rings. The van der Waals surface area contributed by atoms with Crippen molar-refractivity contribution in [3.8, 4) is 11.1 Å². The maximum atomic E-state index is 10.4. The van der Waals surface area contributed by atoms with Crippen LogP contribution in [0.2, 0.25) is 0 Å². The average Bonchev–Trinajstić information content (AvgIpc) is 2.55. The van der Waals surface area contributed by atoms with E-state index in [1.165, 1.54) is 16.7 Å². The van der Waals surface area contributed by atoms with Gasteiger partial charge in [0.2, 0.25) is 0 Å². The predicted molar refractivity (Wildman–Crippen MR) is 91.6 cm³/mol. The number of unbranched alkanes of at least 4 members (excludes halogenated alkanes) is 3. The Bertz CT molecular complexity index is 597. The average molecular weight is 294 g/mol. The first-order chi connectivity index (χ1) is 10.8. The molecule has 2 heteroatoms. The Morgan fingerprint density at radius 2 is 1.55 bits per heavy atom. The molecule has 2 aromatic carbocycles. The summed E-state index contributed by atoms with van der Waals surface area (Å²) in [7, 11) is 0. The van der Waals surface area contributed by atoms with Gasteiger partial charge in [-0.1, -0.05) is 73.2 Å². The second-order valence-electron chi connectivity index (χ2n) is 5.38. The molecule has 0 aliphatic carbocycles. The lowest BCUT2D eigenvalue weighted by atomic mass is 10.0. The molecule has 0 aliphatic rings. The lowest BCUT2D eigenvalue weighted by Crippen LogP contribution is -1.93. The molecule has 114 valence electrons. The van der Waals surface area contributed by atoms with Gasteiger partial charge in [-0.15, -0.1) is 0 Å². The van der Waals surface area contributed by atoms with Gasteiger partial charge in [0.05, 0.1) is 0 Å². The summed E-state index contributed by atoms with van der Waals surface area (Å²) in [6.45, 7) is 0. The van der Waals surface area contributed by atoms with Gasteiger partial charge in [-0.2, -0.15) is 0 Å². The van der Waals surface area contributed by atoms with Crippen molar-refractivity contribution in [2.45, 2.75) is 32.1 Å². The van der Waals surface area contributed by atoms with Crippen molar-refractivity contribution in [1.82, 2.24) is 0 Å². The maximum Gasteiger partial charge on any atom is 0.303 e. The van der Waals surface area contributed by atoms with Crippen LogP contribution in [0.1, 0.15) is 37.7 Å². The first kappa shape index (κ1) is 16.0. The van der Waals surface area contributed by atoms with Gasteiger partial charge in [0.15, 0.2) is 0 Å². The van der Waals surface area contributed by atoms with E-state index in [-0.39, 0.29) is 6.42 Å². The van der Waals surface area contributed by atoms with Gasteiger partial charge in [-0.25, -0.2) is 0 Å². The van der Waals surface area contributed by atoms with E-state index in [1.807, 2.05) is 18.2 Å². The van der Waals surface area contributed by atoms with Crippen molar-refractivity contribution in [3.63, 3.8) is 0 Å². The zero-order valence-corrected chi connectivity index (χ0v) is 12.7. The van der Waals surface area contributed by atoms with E-state index in [4.69, 9.17) is 5.11 Å². The molecule has 0 fully saturated rings. The highest BCUT2D eigenvalue weighted by Gasteiger charge is 1.96.